The van der Waals surface area contributed by atoms with Gasteiger partial charge in [-0.2, -0.15) is 0 Å². The highest BCUT2D eigenvalue weighted by molar-refractivity contribution is 6.30. The summed E-state index contributed by atoms with van der Waals surface area (Å²) in [4.78, 5) is 11.8. The van der Waals surface area contributed by atoms with E-state index in [2.05, 4.69) is 10.6 Å². The first-order chi connectivity index (χ1) is 9.10. The zero-order valence-corrected chi connectivity index (χ0v) is 11.7. The molecule has 0 radical (unpaired) electrons. The predicted molar refractivity (Wildman–Crippen MR) is 75.1 cm³/mol. The first kappa shape index (κ1) is 14.2. The Morgan fingerprint density at radius 2 is 2.00 bits per heavy atom. The van der Waals surface area contributed by atoms with Crippen LogP contribution in [0.25, 0.3) is 0 Å². The van der Waals surface area contributed by atoms with E-state index in [4.69, 9.17) is 11.6 Å². The number of hydrogen-bond donors (Lipinski definition) is 3. The van der Waals surface area contributed by atoms with Crippen LogP contribution in [0.5, 0.6) is 0 Å². The van der Waals surface area contributed by atoms with Crippen molar-refractivity contribution < 1.29 is 9.90 Å². The van der Waals surface area contributed by atoms with E-state index in [1.165, 1.54) is 12.8 Å². The van der Waals surface area contributed by atoms with Gasteiger partial charge in [-0.15, -0.1) is 0 Å². The van der Waals surface area contributed by atoms with Crippen molar-refractivity contribution in [2.24, 2.45) is 5.92 Å². The summed E-state index contributed by atoms with van der Waals surface area (Å²) in [6.07, 6.45) is 2.37. The van der Waals surface area contributed by atoms with Crippen molar-refractivity contribution in [2.45, 2.75) is 31.8 Å². The van der Waals surface area contributed by atoms with Crippen LogP contribution in [0.2, 0.25) is 5.02 Å². The molecule has 0 aliphatic heterocycles. The maximum Gasteiger partial charge on any atom is 0.315 e. The van der Waals surface area contributed by atoms with Gasteiger partial charge in [0.05, 0.1) is 12.6 Å². The molecule has 4 nitrogen and oxygen atoms in total. The quantitative estimate of drug-likeness (QED) is 0.777. The molecular formula is C14H19ClN2O2. The summed E-state index contributed by atoms with van der Waals surface area (Å²) in [5, 5.41) is 15.7. The molecule has 2 atom stereocenters. The lowest BCUT2D eigenvalue weighted by atomic mass is 10.1. The summed E-state index contributed by atoms with van der Waals surface area (Å²) in [5.74, 6) is 0.605. The van der Waals surface area contributed by atoms with Gasteiger partial charge in [-0.1, -0.05) is 23.7 Å². The molecule has 0 saturated heterocycles. The van der Waals surface area contributed by atoms with Gasteiger partial charge in [-0.25, -0.2) is 4.79 Å². The lowest BCUT2D eigenvalue weighted by Gasteiger charge is -2.19. The smallest absolute Gasteiger partial charge is 0.315 e. The third-order valence-corrected chi connectivity index (χ3v) is 3.70. The molecule has 104 valence electrons. The number of carbonyl (C=O) groups excluding carboxylic acids is 1. The number of nitrogens with one attached hydrogen (secondary N) is 2. The second kappa shape index (κ2) is 6.26. The Morgan fingerprint density at radius 1 is 1.37 bits per heavy atom. The number of aliphatic hydroxyl groups is 1. The van der Waals surface area contributed by atoms with Crippen LogP contribution in [0.15, 0.2) is 24.3 Å². The van der Waals surface area contributed by atoms with Crippen LogP contribution in [0.3, 0.4) is 0 Å². The first-order valence-corrected chi connectivity index (χ1v) is 6.91. The van der Waals surface area contributed by atoms with Gasteiger partial charge in [-0.05, 0) is 43.4 Å². The summed E-state index contributed by atoms with van der Waals surface area (Å²) in [7, 11) is 0. The van der Waals surface area contributed by atoms with E-state index in [0.29, 0.717) is 10.9 Å². The Kier molecular flexibility index (Phi) is 4.66. The molecule has 5 heteroatoms. The van der Waals surface area contributed by atoms with E-state index in [1.807, 2.05) is 6.92 Å². The van der Waals surface area contributed by atoms with E-state index < -0.39 is 6.04 Å². The van der Waals surface area contributed by atoms with Crippen molar-refractivity contribution >= 4 is 17.6 Å². The molecule has 3 N–H and O–H groups in total. The molecule has 1 aromatic rings. The number of carbonyl (C=O) groups is 1. The molecule has 0 bridgehead atoms. The van der Waals surface area contributed by atoms with Crippen LogP contribution in [0, 0.1) is 5.92 Å². The van der Waals surface area contributed by atoms with E-state index in [0.717, 1.165) is 5.56 Å². The topological polar surface area (TPSA) is 61.4 Å². The number of rotatable bonds is 5. The van der Waals surface area contributed by atoms with E-state index in [9.17, 15) is 9.90 Å². The molecule has 0 heterocycles. The van der Waals surface area contributed by atoms with E-state index in [1.54, 1.807) is 24.3 Å². The van der Waals surface area contributed by atoms with Gasteiger partial charge in [0.1, 0.15) is 0 Å². The highest BCUT2D eigenvalue weighted by atomic mass is 35.5. The molecule has 0 aromatic heterocycles. The number of hydrogen-bond acceptors (Lipinski definition) is 2. The molecular weight excluding hydrogens is 264 g/mol. The summed E-state index contributed by atoms with van der Waals surface area (Å²) in [5.41, 5.74) is 0.834. The number of halogens is 1. The summed E-state index contributed by atoms with van der Waals surface area (Å²) < 4.78 is 0. The highest BCUT2D eigenvalue weighted by Gasteiger charge is 2.29. The minimum Gasteiger partial charge on any atom is -0.394 e. The summed E-state index contributed by atoms with van der Waals surface area (Å²) in [6, 6.07) is 6.61. The number of urea groups is 1. The third kappa shape index (κ3) is 4.11. The molecule has 1 saturated carbocycles. The maximum absolute atomic E-state index is 11.8. The van der Waals surface area contributed by atoms with Crippen molar-refractivity contribution in [3.63, 3.8) is 0 Å². The predicted octanol–water partition coefficient (Wildman–Crippen LogP) is 2.47. The molecule has 1 aromatic carbocycles. The number of benzene rings is 1. The van der Waals surface area contributed by atoms with Gasteiger partial charge in [0.25, 0.3) is 0 Å². The molecule has 1 fully saturated rings. The number of aliphatic hydroxyl groups excluding tert-OH is 1. The first-order valence-electron chi connectivity index (χ1n) is 6.53. The molecule has 0 spiro atoms. The Balaban J connectivity index is 1.90. The Hall–Kier alpha value is -1.26. The van der Waals surface area contributed by atoms with Gasteiger partial charge >= 0.3 is 6.03 Å². The number of amides is 2. The van der Waals surface area contributed by atoms with E-state index >= 15 is 0 Å². The minimum absolute atomic E-state index is 0.146. The normalized spacial score (nSPS) is 17.6. The van der Waals surface area contributed by atoms with Gasteiger partial charge in [0, 0.05) is 11.1 Å². The second-order valence-electron chi connectivity index (χ2n) is 5.03. The van der Waals surface area contributed by atoms with Crippen molar-refractivity contribution in [3.8, 4) is 0 Å². The van der Waals surface area contributed by atoms with Crippen LogP contribution in [0.1, 0.15) is 31.4 Å². The van der Waals surface area contributed by atoms with Crippen LogP contribution in [-0.4, -0.2) is 23.8 Å². The fourth-order valence-electron chi connectivity index (χ4n) is 2.05. The molecule has 2 rings (SSSR count). The van der Waals surface area contributed by atoms with Crippen LogP contribution in [0.4, 0.5) is 4.79 Å². The van der Waals surface area contributed by atoms with Crippen LogP contribution in [-0.2, 0) is 0 Å². The fraction of sp³-hybridized carbons (Fsp3) is 0.500. The Morgan fingerprint density at radius 3 is 2.53 bits per heavy atom. The zero-order valence-electron chi connectivity index (χ0n) is 10.9. The largest absolute Gasteiger partial charge is 0.394 e. The van der Waals surface area contributed by atoms with Crippen molar-refractivity contribution in [3.05, 3.63) is 34.9 Å². The van der Waals surface area contributed by atoms with Gasteiger partial charge in [0.2, 0.25) is 0 Å². The second-order valence-corrected chi connectivity index (χ2v) is 5.47. The Bertz CT molecular complexity index is 432. The lowest BCUT2D eigenvalue weighted by molar-refractivity contribution is 0.213. The van der Waals surface area contributed by atoms with Gasteiger partial charge in [-0.3, -0.25) is 0 Å². The van der Waals surface area contributed by atoms with Crippen molar-refractivity contribution in [1.82, 2.24) is 10.6 Å². The average molecular weight is 283 g/mol. The zero-order chi connectivity index (χ0) is 13.8. The average Bonchev–Trinajstić information content (AvgIpc) is 3.21. The molecule has 1 aliphatic rings. The monoisotopic (exact) mass is 282 g/mol. The van der Waals surface area contributed by atoms with Crippen LogP contribution < -0.4 is 10.6 Å². The molecule has 2 unspecified atom stereocenters. The lowest BCUT2D eigenvalue weighted by Crippen LogP contribution is -2.44. The summed E-state index contributed by atoms with van der Waals surface area (Å²) in [6.45, 7) is 1.86. The Labute approximate surface area is 118 Å². The highest BCUT2D eigenvalue weighted by Crippen LogP contribution is 2.32. The van der Waals surface area contributed by atoms with E-state index in [-0.39, 0.29) is 18.7 Å². The van der Waals surface area contributed by atoms with Gasteiger partial charge < -0.3 is 15.7 Å². The standard InChI is InChI=1S/C14H19ClN2O2/c1-9(10-2-3-10)16-14(19)17-13(8-18)11-4-6-12(15)7-5-11/h4-7,9-10,13,18H,2-3,8H2,1H3,(H2,16,17,19). The molecule has 1 aliphatic carbocycles. The third-order valence-electron chi connectivity index (χ3n) is 3.45. The van der Waals surface area contributed by atoms with Crippen molar-refractivity contribution in [1.29, 1.82) is 0 Å². The minimum atomic E-state index is -0.413. The molecule has 19 heavy (non-hydrogen) atoms. The molecule has 2 amide bonds. The fourth-order valence-corrected chi connectivity index (χ4v) is 2.18. The van der Waals surface area contributed by atoms with Gasteiger partial charge in [0.15, 0.2) is 0 Å². The summed E-state index contributed by atoms with van der Waals surface area (Å²) >= 11 is 5.81. The maximum atomic E-state index is 11.8. The SMILES string of the molecule is CC(NC(=O)NC(CO)c1ccc(Cl)cc1)C1CC1. The van der Waals surface area contributed by atoms with Crippen molar-refractivity contribution in [2.75, 3.05) is 6.61 Å². The van der Waals surface area contributed by atoms with Crippen LogP contribution >= 0.6 is 11.6 Å².